The average Bonchev–Trinajstić information content (AvgIpc) is 2.64. The molecule has 0 saturated carbocycles. The summed E-state index contributed by atoms with van der Waals surface area (Å²) in [6.45, 7) is 5.22. The molecule has 0 spiro atoms. The number of rotatable bonds is 6. The van der Waals surface area contributed by atoms with Crippen LogP contribution in [0.3, 0.4) is 0 Å². The maximum absolute atomic E-state index is 12.7. The van der Waals surface area contributed by atoms with Gasteiger partial charge in [-0.1, -0.05) is 13.0 Å². The van der Waals surface area contributed by atoms with Crippen molar-refractivity contribution in [3.05, 3.63) is 35.0 Å². The SMILES string of the molecule is CCCOc1ccc(C2NC(=S)N(C)C3=C2C(=O)CCC3)cc1OCC. The Hall–Kier alpha value is -2.08. The second-order valence-electron chi connectivity index (χ2n) is 6.57. The lowest BCUT2D eigenvalue weighted by Crippen LogP contribution is -2.47. The van der Waals surface area contributed by atoms with E-state index in [1.807, 2.05) is 37.1 Å². The van der Waals surface area contributed by atoms with Crippen LogP contribution in [0.5, 0.6) is 11.5 Å². The summed E-state index contributed by atoms with van der Waals surface area (Å²) >= 11 is 5.49. The van der Waals surface area contributed by atoms with Gasteiger partial charge >= 0.3 is 0 Å². The minimum atomic E-state index is -0.235. The molecule has 0 aromatic heterocycles. The minimum absolute atomic E-state index is 0.197. The van der Waals surface area contributed by atoms with Gasteiger partial charge in [-0.25, -0.2) is 0 Å². The number of hydrogen-bond acceptors (Lipinski definition) is 4. The molecule has 26 heavy (non-hydrogen) atoms. The third-order valence-electron chi connectivity index (χ3n) is 4.76. The fourth-order valence-electron chi connectivity index (χ4n) is 3.49. The molecule has 1 unspecified atom stereocenters. The highest BCUT2D eigenvalue weighted by molar-refractivity contribution is 7.80. The molecule has 0 amide bonds. The van der Waals surface area contributed by atoms with Gasteiger partial charge in [-0.2, -0.15) is 0 Å². The van der Waals surface area contributed by atoms with Crippen molar-refractivity contribution < 1.29 is 14.3 Å². The third-order valence-corrected chi connectivity index (χ3v) is 5.15. The lowest BCUT2D eigenvalue weighted by atomic mass is 9.85. The fraction of sp³-hybridized carbons (Fsp3) is 0.500. The van der Waals surface area contributed by atoms with Gasteiger partial charge in [0.2, 0.25) is 0 Å². The van der Waals surface area contributed by atoms with Crippen molar-refractivity contribution in [1.82, 2.24) is 10.2 Å². The number of allylic oxidation sites excluding steroid dienone is 1. The molecular formula is C20H26N2O3S. The van der Waals surface area contributed by atoms with Crippen molar-refractivity contribution in [1.29, 1.82) is 0 Å². The Labute approximate surface area is 160 Å². The number of ether oxygens (including phenoxy) is 2. The van der Waals surface area contributed by atoms with Gasteiger partial charge in [0.1, 0.15) is 0 Å². The van der Waals surface area contributed by atoms with Crippen molar-refractivity contribution >= 4 is 23.1 Å². The van der Waals surface area contributed by atoms with Crippen LogP contribution in [0.25, 0.3) is 0 Å². The number of carbonyl (C=O) groups excluding carboxylic acids is 1. The molecule has 1 aliphatic carbocycles. The largest absolute Gasteiger partial charge is 0.490 e. The van der Waals surface area contributed by atoms with Gasteiger partial charge in [-0.3, -0.25) is 4.79 Å². The summed E-state index contributed by atoms with van der Waals surface area (Å²) in [5.74, 6) is 1.63. The lowest BCUT2D eigenvalue weighted by molar-refractivity contribution is -0.116. The van der Waals surface area contributed by atoms with E-state index in [1.54, 1.807) is 0 Å². The van der Waals surface area contributed by atoms with Crippen LogP contribution in [0, 0.1) is 0 Å². The lowest BCUT2D eigenvalue weighted by Gasteiger charge is -2.39. The number of nitrogens with zero attached hydrogens (tertiary/aromatic N) is 1. The first-order chi connectivity index (χ1) is 12.6. The first-order valence-corrected chi connectivity index (χ1v) is 9.67. The number of nitrogens with one attached hydrogen (secondary N) is 1. The Morgan fingerprint density at radius 1 is 1.23 bits per heavy atom. The number of hydrogen-bond donors (Lipinski definition) is 1. The molecule has 1 aromatic rings. The monoisotopic (exact) mass is 374 g/mol. The molecule has 0 fully saturated rings. The first kappa shape index (κ1) is 18.7. The highest BCUT2D eigenvalue weighted by atomic mass is 32.1. The zero-order valence-corrected chi connectivity index (χ0v) is 16.4. The average molecular weight is 375 g/mol. The molecular weight excluding hydrogens is 348 g/mol. The molecule has 1 N–H and O–H groups in total. The van der Waals surface area contributed by atoms with E-state index in [1.165, 1.54) is 0 Å². The van der Waals surface area contributed by atoms with Gasteiger partial charge in [0.15, 0.2) is 22.4 Å². The minimum Gasteiger partial charge on any atom is -0.490 e. The van der Waals surface area contributed by atoms with Crippen molar-refractivity contribution in [3.8, 4) is 11.5 Å². The van der Waals surface area contributed by atoms with Gasteiger partial charge < -0.3 is 19.7 Å². The topological polar surface area (TPSA) is 50.8 Å². The summed E-state index contributed by atoms with van der Waals surface area (Å²) in [5, 5.41) is 3.97. The summed E-state index contributed by atoms with van der Waals surface area (Å²) in [6.07, 6.45) is 3.29. The van der Waals surface area contributed by atoms with Crippen molar-refractivity contribution in [2.75, 3.05) is 20.3 Å². The molecule has 140 valence electrons. The van der Waals surface area contributed by atoms with Gasteiger partial charge in [0, 0.05) is 24.7 Å². The Balaban J connectivity index is 2.01. The maximum atomic E-state index is 12.7. The van der Waals surface area contributed by atoms with Crippen LogP contribution in [0.1, 0.15) is 51.1 Å². The summed E-state index contributed by atoms with van der Waals surface area (Å²) in [4.78, 5) is 14.6. The number of thiocarbonyl (C=S) groups is 1. The van der Waals surface area contributed by atoms with E-state index in [0.29, 0.717) is 30.5 Å². The first-order valence-electron chi connectivity index (χ1n) is 9.26. The Bertz CT molecular complexity index is 745. The Kier molecular flexibility index (Phi) is 5.81. The zero-order valence-electron chi connectivity index (χ0n) is 15.6. The Morgan fingerprint density at radius 2 is 2.04 bits per heavy atom. The summed E-state index contributed by atoms with van der Waals surface area (Å²) in [5.41, 5.74) is 2.84. The van der Waals surface area contributed by atoms with Crippen LogP contribution in [-0.4, -0.2) is 36.1 Å². The molecule has 1 atom stereocenters. The quantitative estimate of drug-likeness (QED) is 0.766. The molecule has 1 aliphatic heterocycles. The van der Waals surface area contributed by atoms with Gasteiger partial charge in [-0.05, 0) is 56.1 Å². The standard InChI is InChI=1S/C20H26N2O3S/c1-4-11-25-16-10-9-13(12-17(16)24-5-2)19-18-14(7-6-8-15(18)23)22(3)20(26)21-19/h9-10,12,19H,4-8,11H2,1-3H3,(H,21,26). The van der Waals surface area contributed by atoms with Gasteiger partial charge in [0.25, 0.3) is 0 Å². The van der Waals surface area contributed by atoms with Crippen LogP contribution in [0.2, 0.25) is 0 Å². The second kappa shape index (κ2) is 8.08. The van der Waals surface area contributed by atoms with Gasteiger partial charge in [0.05, 0.1) is 19.3 Å². The summed E-state index contributed by atoms with van der Waals surface area (Å²) in [6, 6.07) is 5.64. The molecule has 0 bridgehead atoms. The predicted octanol–water partition coefficient (Wildman–Crippen LogP) is 3.74. The van der Waals surface area contributed by atoms with E-state index in [-0.39, 0.29) is 11.8 Å². The highest BCUT2D eigenvalue weighted by Gasteiger charge is 2.36. The number of carbonyl (C=O) groups is 1. The third kappa shape index (κ3) is 3.56. The van der Waals surface area contributed by atoms with E-state index >= 15 is 0 Å². The van der Waals surface area contributed by atoms with E-state index in [9.17, 15) is 4.79 Å². The molecule has 3 rings (SSSR count). The second-order valence-corrected chi connectivity index (χ2v) is 6.95. The molecule has 5 nitrogen and oxygen atoms in total. The van der Waals surface area contributed by atoms with E-state index in [2.05, 4.69) is 12.2 Å². The zero-order chi connectivity index (χ0) is 18.7. The van der Waals surface area contributed by atoms with E-state index < -0.39 is 0 Å². The summed E-state index contributed by atoms with van der Waals surface area (Å²) in [7, 11) is 1.92. The highest BCUT2D eigenvalue weighted by Crippen LogP contribution is 2.39. The van der Waals surface area contributed by atoms with E-state index in [0.717, 1.165) is 41.8 Å². The fourth-order valence-corrected chi connectivity index (χ4v) is 3.72. The van der Waals surface area contributed by atoms with Crippen LogP contribution in [-0.2, 0) is 4.79 Å². The van der Waals surface area contributed by atoms with Crippen LogP contribution in [0.15, 0.2) is 29.5 Å². The van der Waals surface area contributed by atoms with Crippen molar-refractivity contribution in [2.45, 2.75) is 45.6 Å². The van der Waals surface area contributed by atoms with Crippen molar-refractivity contribution in [3.63, 3.8) is 0 Å². The maximum Gasteiger partial charge on any atom is 0.173 e. The van der Waals surface area contributed by atoms with Gasteiger partial charge in [-0.15, -0.1) is 0 Å². The molecule has 0 radical (unpaired) electrons. The van der Waals surface area contributed by atoms with E-state index in [4.69, 9.17) is 21.7 Å². The molecule has 1 aromatic carbocycles. The van der Waals surface area contributed by atoms with Crippen molar-refractivity contribution in [2.24, 2.45) is 0 Å². The number of ketones is 1. The predicted molar refractivity (Wildman–Crippen MR) is 106 cm³/mol. The molecule has 1 heterocycles. The van der Waals surface area contributed by atoms with Crippen LogP contribution >= 0.6 is 12.2 Å². The normalized spacial score (nSPS) is 20.0. The molecule has 2 aliphatic rings. The van der Waals surface area contributed by atoms with Crippen LogP contribution < -0.4 is 14.8 Å². The molecule has 0 saturated heterocycles. The summed E-state index contributed by atoms with van der Waals surface area (Å²) < 4.78 is 11.6. The smallest absolute Gasteiger partial charge is 0.173 e. The Morgan fingerprint density at radius 3 is 2.77 bits per heavy atom. The number of Topliss-reactive ketones (excluding diaryl/α,β-unsaturated/α-hetero) is 1. The number of benzene rings is 1. The molecule has 6 heteroatoms. The van der Waals surface area contributed by atoms with Crippen LogP contribution in [0.4, 0.5) is 0 Å².